The van der Waals surface area contributed by atoms with E-state index in [2.05, 4.69) is 10.3 Å². The molecule has 1 saturated heterocycles. The molecule has 0 spiro atoms. The van der Waals surface area contributed by atoms with Crippen LogP contribution in [-0.2, 0) is 0 Å². The average Bonchev–Trinajstić information content (AvgIpc) is 2.68. The van der Waals surface area contributed by atoms with Crippen LogP contribution in [0.1, 0.15) is 43.3 Å². The highest BCUT2D eigenvalue weighted by molar-refractivity contribution is 5.10. The third-order valence-corrected chi connectivity index (χ3v) is 3.81. The molecule has 4 nitrogen and oxygen atoms in total. The first kappa shape index (κ1) is 10.0. The molecule has 0 aromatic carbocycles. The molecule has 3 rings (SSSR count). The second-order valence-corrected chi connectivity index (χ2v) is 4.83. The Morgan fingerprint density at radius 2 is 2.25 bits per heavy atom. The Bertz CT molecular complexity index is 430. The van der Waals surface area contributed by atoms with Gasteiger partial charge in [0.25, 0.3) is 5.56 Å². The predicted octanol–water partition coefficient (Wildman–Crippen LogP) is 1.05. The molecule has 1 aliphatic heterocycles. The number of nitrogens with zero attached hydrogens (tertiary/aromatic N) is 2. The maximum Gasteiger partial charge on any atom is 0.253 e. The van der Waals surface area contributed by atoms with Crippen molar-refractivity contribution in [2.45, 2.75) is 37.6 Å². The summed E-state index contributed by atoms with van der Waals surface area (Å²) in [6.45, 7) is 1.89. The van der Waals surface area contributed by atoms with Crippen molar-refractivity contribution in [3.63, 3.8) is 0 Å². The minimum atomic E-state index is 0.116. The minimum Gasteiger partial charge on any atom is -0.315 e. The van der Waals surface area contributed by atoms with E-state index in [0.717, 1.165) is 25.2 Å². The van der Waals surface area contributed by atoms with Gasteiger partial charge in [-0.2, -0.15) is 0 Å². The van der Waals surface area contributed by atoms with Crippen molar-refractivity contribution < 1.29 is 0 Å². The number of hydrogen-bond acceptors (Lipinski definition) is 3. The van der Waals surface area contributed by atoms with Crippen LogP contribution in [-0.4, -0.2) is 22.6 Å². The zero-order chi connectivity index (χ0) is 11.0. The molecule has 1 aliphatic carbocycles. The molecule has 4 heteroatoms. The standard InChI is InChI=1S/C12H17N3O/c16-12-6-11(9-2-1-3-9)14-8-15(12)10-4-5-13-7-10/h6,8-10,13H,1-5,7H2. The van der Waals surface area contributed by atoms with E-state index >= 15 is 0 Å². The molecule has 1 saturated carbocycles. The highest BCUT2D eigenvalue weighted by Crippen LogP contribution is 2.34. The number of rotatable bonds is 2. The molecule has 2 fully saturated rings. The Morgan fingerprint density at radius 1 is 1.38 bits per heavy atom. The van der Waals surface area contributed by atoms with Crippen LogP contribution in [0, 0.1) is 0 Å². The molecule has 2 aliphatic rings. The van der Waals surface area contributed by atoms with Gasteiger partial charge >= 0.3 is 0 Å². The van der Waals surface area contributed by atoms with Gasteiger partial charge in [-0.3, -0.25) is 9.36 Å². The smallest absolute Gasteiger partial charge is 0.253 e. The molecule has 0 amide bonds. The predicted molar refractivity (Wildman–Crippen MR) is 61.6 cm³/mol. The largest absolute Gasteiger partial charge is 0.315 e. The van der Waals surface area contributed by atoms with Gasteiger partial charge in [-0.25, -0.2) is 4.98 Å². The summed E-state index contributed by atoms with van der Waals surface area (Å²) in [5, 5.41) is 3.27. The Kier molecular flexibility index (Phi) is 2.52. The van der Waals surface area contributed by atoms with E-state index in [-0.39, 0.29) is 5.56 Å². The molecular weight excluding hydrogens is 202 g/mol. The maximum absolute atomic E-state index is 12.0. The molecule has 2 heterocycles. The molecule has 1 atom stereocenters. The zero-order valence-corrected chi connectivity index (χ0v) is 9.35. The highest BCUT2D eigenvalue weighted by Gasteiger charge is 2.23. The quantitative estimate of drug-likeness (QED) is 0.808. The maximum atomic E-state index is 12.0. The van der Waals surface area contributed by atoms with Crippen LogP contribution in [0.15, 0.2) is 17.2 Å². The van der Waals surface area contributed by atoms with E-state index in [9.17, 15) is 4.79 Å². The van der Waals surface area contributed by atoms with Gasteiger partial charge < -0.3 is 5.32 Å². The lowest BCUT2D eigenvalue weighted by Gasteiger charge is -2.24. The SMILES string of the molecule is O=c1cc(C2CCC2)ncn1C1CCNC1. The summed E-state index contributed by atoms with van der Waals surface area (Å²) in [7, 11) is 0. The fourth-order valence-electron chi connectivity index (χ4n) is 2.50. The summed E-state index contributed by atoms with van der Waals surface area (Å²) >= 11 is 0. The van der Waals surface area contributed by atoms with E-state index in [1.54, 1.807) is 17.0 Å². The second-order valence-electron chi connectivity index (χ2n) is 4.83. The lowest BCUT2D eigenvalue weighted by Crippen LogP contribution is -2.27. The monoisotopic (exact) mass is 219 g/mol. The van der Waals surface area contributed by atoms with Gasteiger partial charge in [0.05, 0.1) is 18.1 Å². The Labute approximate surface area is 94.7 Å². The van der Waals surface area contributed by atoms with Crippen molar-refractivity contribution in [1.29, 1.82) is 0 Å². The topological polar surface area (TPSA) is 46.9 Å². The summed E-state index contributed by atoms with van der Waals surface area (Å²) in [4.78, 5) is 16.4. The van der Waals surface area contributed by atoms with Crippen LogP contribution in [0.2, 0.25) is 0 Å². The molecule has 0 bridgehead atoms. The van der Waals surface area contributed by atoms with Crippen molar-refractivity contribution >= 4 is 0 Å². The second kappa shape index (κ2) is 4.01. The van der Waals surface area contributed by atoms with Crippen molar-refractivity contribution in [2.75, 3.05) is 13.1 Å². The number of nitrogens with one attached hydrogen (secondary N) is 1. The first-order valence-electron chi connectivity index (χ1n) is 6.13. The molecule has 1 aromatic heterocycles. The van der Waals surface area contributed by atoms with Crippen LogP contribution in [0.25, 0.3) is 0 Å². The normalized spacial score (nSPS) is 25.6. The molecule has 1 N–H and O–H groups in total. The Hall–Kier alpha value is -1.16. The van der Waals surface area contributed by atoms with Gasteiger partial charge in [-0.05, 0) is 25.8 Å². The summed E-state index contributed by atoms with van der Waals surface area (Å²) < 4.78 is 1.78. The summed E-state index contributed by atoms with van der Waals surface area (Å²) in [5.74, 6) is 0.545. The van der Waals surface area contributed by atoms with E-state index in [0.29, 0.717) is 12.0 Å². The van der Waals surface area contributed by atoms with Gasteiger partial charge in [-0.1, -0.05) is 6.42 Å². The van der Waals surface area contributed by atoms with E-state index < -0.39 is 0 Å². The van der Waals surface area contributed by atoms with E-state index in [4.69, 9.17) is 0 Å². The molecular formula is C12H17N3O. The third-order valence-electron chi connectivity index (χ3n) is 3.81. The summed E-state index contributed by atoms with van der Waals surface area (Å²) in [5.41, 5.74) is 1.11. The van der Waals surface area contributed by atoms with Crippen molar-refractivity contribution in [3.05, 3.63) is 28.4 Å². The fraction of sp³-hybridized carbons (Fsp3) is 0.667. The fourth-order valence-corrected chi connectivity index (χ4v) is 2.50. The molecule has 1 aromatic rings. The van der Waals surface area contributed by atoms with Crippen molar-refractivity contribution in [1.82, 2.24) is 14.9 Å². The van der Waals surface area contributed by atoms with Crippen LogP contribution in [0.3, 0.4) is 0 Å². The number of aromatic nitrogens is 2. The molecule has 1 unspecified atom stereocenters. The Morgan fingerprint density at radius 3 is 2.81 bits per heavy atom. The van der Waals surface area contributed by atoms with E-state index in [1.807, 2.05) is 0 Å². The number of hydrogen-bond donors (Lipinski definition) is 1. The van der Waals surface area contributed by atoms with Gasteiger partial charge in [0.2, 0.25) is 0 Å². The minimum absolute atomic E-state index is 0.116. The van der Waals surface area contributed by atoms with Crippen molar-refractivity contribution in [3.8, 4) is 0 Å². The van der Waals surface area contributed by atoms with Crippen molar-refractivity contribution in [2.24, 2.45) is 0 Å². The lowest BCUT2D eigenvalue weighted by atomic mass is 9.83. The summed E-state index contributed by atoms with van der Waals surface area (Å²) in [6, 6.07) is 2.04. The average molecular weight is 219 g/mol. The van der Waals surface area contributed by atoms with Crippen LogP contribution >= 0.6 is 0 Å². The Balaban J connectivity index is 1.87. The zero-order valence-electron chi connectivity index (χ0n) is 9.35. The molecule has 86 valence electrons. The summed E-state index contributed by atoms with van der Waals surface area (Å²) in [6.07, 6.45) is 6.45. The van der Waals surface area contributed by atoms with Gasteiger partial charge in [0.15, 0.2) is 0 Å². The highest BCUT2D eigenvalue weighted by atomic mass is 16.1. The van der Waals surface area contributed by atoms with Gasteiger partial charge in [0, 0.05) is 18.5 Å². The van der Waals surface area contributed by atoms with Gasteiger partial charge in [-0.15, -0.1) is 0 Å². The first-order valence-corrected chi connectivity index (χ1v) is 6.13. The van der Waals surface area contributed by atoms with Gasteiger partial charge in [0.1, 0.15) is 0 Å². The third kappa shape index (κ3) is 1.67. The van der Waals surface area contributed by atoms with Crippen LogP contribution in [0.4, 0.5) is 0 Å². The van der Waals surface area contributed by atoms with Crippen LogP contribution in [0.5, 0.6) is 0 Å². The van der Waals surface area contributed by atoms with E-state index in [1.165, 1.54) is 19.3 Å². The molecule has 0 radical (unpaired) electrons. The molecule has 16 heavy (non-hydrogen) atoms. The first-order chi connectivity index (χ1) is 7.84. The van der Waals surface area contributed by atoms with Crippen LogP contribution < -0.4 is 10.9 Å². The lowest BCUT2D eigenvalue weighted by molar-refractivity contribution is 0.406.